The molecule has 0 saturated carbocycles. The molecule has 1 saturated heterocycles. The van der Waals surface area contributed by atoms with Crippen molar-refractivity contribution in [3.8, 4) is 0 Å². The van der Waals surface area contributed by atoms with E-state index in [0.29, 0.717) is 0 Å². The summed E-state index contributed by atoms with van der Waals surface area (Å²) in [6.07, 6.45) is 4.53. The van der Waals surface area contributed by atoms with E-state index in [1.54, 1.807) is 0 Å². The molecule has 0 spiro atoms. The van der Waals surface area contributed by atoms with Gasteiger partial charge in [-0.25, -0.2) is 0 Å². The fraction of sp³-hybridized carbons (Fsp3) is 0.444. The summed E-state index contributed by atoms with van der Waals surface area (Å²) in [5, 5.41) is 1.42. The van der Waals surface area contributed by atoms with E-state index in [4.69, 9.17) is 4.74 Å². The van der Waals surface area contributed by atoms with Crippen LogP contribution in [-0.4, -0.2) is 36.3 Å². The van der Waals surface area contributed by atoms with Gasteiger partial charge in [0.2, 0.25) is 0 Å². The van der Waals surface area contributed by atoms with Crippen LogP contribution < -0.4 is 0 Å². The molecule has 0 amide bonds. The topological polar surface area (TPSA) is 17.4 Å². The SMILES string of the molecule is Cc1ccc2c(c1)c1c(n2/C=C2/CCOC2)CCN(C)C1. The average molecular weight is 282 g/mol. The summed E-state index contributed by atoms with van der Waals surface area (Å²) in [5.74, 6) is 0. The highest BCUT2D eigenvalue weighted by molar-refractivity contribution is 5.88. The van der Waals surface area contributed by atoms with Gasteiger partial charge in [0.15, 0.2) is 0 Å². The first-order chi connectivity index (χ1) is 10.2. The number of fused-ring (bicyclic) bond motifs is 3. The Labute approximate surface area is 125 Å². The van der Waals surface area contributed by atoms with Gasteiger partial charge in [0.25, 0.3) is 0 Å². The van der Waals surface area contributed by atoms with Crippen LogP contribution in [0.5, 0.6) is 0 Å². The van der Waals surface area contributed by atoms with Gasteiger partial charge in [-0.1, -0.05) is 11.6 Å². The van der Waals surface area contributed by atoms with E-state index in [9.17, 15) is 0 Å². The summed E-state index contributed by atoms with van der Waals surface area (Å²) in [7, 11) is 2.21. The van der Waals surface area contributed by atoms with Crippen LogP contribution in [-0.2, 0) is 17.7 Å². The highest BCUT2D eigenvalue weighted by atomic mass is 16.5. The van der Waals surface area contributed by atoms with Gasteiger partial charge in [-0.05, 0) is 43.7 Å². The molecular formula is C18H22N2O. The average Bonchev–Trinajstić information content (AvgIpc) is 3.07. The lowest BCUT2D eigenvalue weighted by atomic mass is 10.0. The van der Waals surface area contributed by atoms with Crippen molar-refractivity contribution in [2.45, 2.75) is 26.3 Å². The zero-order chi connectivity index (χ0) is 14.4. The summed E-state index contributed by atoms with van der Waals surface area (Å²) >= 11 is 0. The van der Waals surface area contributed by atoms with E-state index in [2.05, 4.69) is 47.8 Å². The Morgan fingerprint density at radius 3 is 2.95 bits per heavy atom. The molecule has 2 aromatic rings. The summed E-state index contributed by atoms with van der Waals surface area (Å²) in [6.45, 7) is 6.04. The molecule has 0 atom stereocenters. The molecule has 2 aliphatic heterocycles. The maximum atomic E-state index is 5.51. The van der Waals surface area contributed by atoms with Crippen molar-refractivity contribution in [1.29, 1.82) is 0 Å². The minimum atomic E-state index is 0.792. The van der Waals surface area contributed by atoms with Crippen molar-refractivity contribution in [2.75, 3.05) is 26.8 Å². The van der Waals surface area contributed by atoms with Crippen LogP contribution in [0.1, 0.15) is 23.2 Å². The number of hydrogen-bond donors (Lipinski definition) is 0. The second kappa shape index (κ2) is 5.00. The summed E-state index contributed by atoms with van der Waals surface area (Å²) in [6, 6.07) is 6.83. The number of likely N-dealkylation sites (N-methyl/N-ethyl adjacent to an activating group) is 1. The van der Waals surface area contributed by atoms with Crippen molar-refractivity contribution >= 4 is 17.1 Å². The molecule has 0 unspecified atom stereocenters. The Morgan fingerprint density at radius 1 is 1.24 bits per heavy atom. The number of hydrogen-bond acceptors (Lipinski definition) is 2. The fourth-order valence-electron chi connectivity index (χ4n) is 3.55. The van der Waals surface area contributed by atoms with Crippen LogP contribution in [0.2, 0.25) is 0 Å². The van der Waals surface area contributed by atoms with E-state index in [1.165, 1.54) is 33.3 Å². The molecule has 3 heterocycles. The third-order valence-corrected chi connectivity index (χ3v) is 4.70. The molecule has 4 rings (SSSR count). The normalized spacial score (nSPS) is 21.3. The van der Waals surface area contributed by atoms with Crippen LogP contribution >= 0.6 is 0 Å². The van der Waals surface area contributed by atoms with Gasteiger partial charge in [-0.3, -0.25) is 0 Å². The standard InChI is InChI=1S/C18H22N2O/c1-13-3-4-17-15(9-13)16-11-19(2)7-5-18(16)20(17)10-14-6-8-21-12-14/h3-4,9-10H,5-8,11-12H2,1-2H3/b14-10-. The molecule has 3 nitrogen and oxygen atoms in total. The third-order valence-electron chi connectivity index (χ3n) is 4.70. The highest BCUT2D eigenvalue weighted by Crippen LogP contribution is 2.32. The quantitative estimate of drug-likeness (QED) is 0.799. The number of aryl methyl sites for hydroxylation is 1. The van der Waals surface area contributed by atoms with Crippen LogP contribution in [0.25, 0.3) is 17.1 Å². The van der Waals surface area contributed by atoms with Crippen molar-refractivity contribution < 1.29 is 4.74 Å². The minimum absolute atomic E-state index is 0.792. The van der Waals surface area contributed by atoms with Crippen LogP contribution in [0.4, 0.5) is 0 Å². The summed E-state index contributed by atoms with van der Waals surface area (Å²) < 4.78 is 7.94. The number of aromatic nitrogens is 1. The second-order valence-corrected chi connectivity index (χ2v) is 6.39. The van der Waals surface area contributed by atoms with Crippen LogP contribution in [0.3, 0.4) is 0 Å². The van der Waals surface area contributed by atoms with Crippen molar-refractivity contribution in [3.63, 3.8) is 0 Å². The molecule has 0 N–H and O–H groups in total. The maximum absolute atomic E-state index is 5.51. The number of benzene rings is 1. The largest absolute Gasteiger partial charge is 0.377 e. The van der Waals surface area contributed by atoms with Gasteiger partial charge in [0.1, 0.15) is 0 Å². The van der Waals surface area contributed by atoms with Crippen molar-refractivity contribution in [3.05, 3.63) is 40.6 Å². The van der Waals surface area contributed by atoms with Gasteiger partial charge in [0, 0.05) is 36.8 Å². The first kappa shape index (κ1) is 13.1. The Kier molecular flexibility index (Phi) is 3.12. The molecule has 1 aromatic heterocycles. The Hall–Kier alpha value is -1.58. The molecule has 3 heteroatoms. The Morgan fingerprint density at radius 2 is 2.14 bits per heavy atom. The van der Waals surface area contributed by atoms with E-state index in [-0.39, 0.29) is 0 Å². The van der Waals surface area contributed by atoms with E-state index < -0.39 is 0 Å². The smallest absolute Gasteiger partial charge is 0.0694 e. The molecule has 110 valence electrons. The van der Waals surface area contributed by atoms with E-state index in [0.717, 1.165) is 39.1 Å². The van der Waals surface area contributed by atoms with Gasteiger partial charge in [-0.15, -0.1) is 0 Å². The van der Waals surface area contributed by atoms with Crippen molar-refractivity contribution in [2.24, 2.45) is 0 Å². The van der Waals surface area contributed by atoms with Crippen LogP contribution in [0.15, 0.2) is 23.8 Å². The lowest BCUT2D eigenvalue weighted by Gasteiger charge is -2.23. The van der Waals surface area contributed by atoms with Gasteiger partial charge in [-0.2, -0.15) is 0 Å². The first-order valence-corrected chi connectivity index (χ1v) is 7.80. The zero-order valence-corrected chi connectivity index (χ0v) is 12.9. The second-order valence-electron chi connectivity index (χ2n) is 6.39. The summed E-state index contributed by atoms with van der Waals surface area (Å²) in [4.78, 5) is 2.42. The number of rotatable bonds is 1. The minimum Gasteiger partial charge on any atom is -0.377 e. The van der Waals surface area contributed by atoms with Gasteiger partial charge >= 0.3 is 0 Å². The molecule has 0 aliphatic carbocycles. The lowest BCUT2D eigenvalue weighted by Crippen LogP contribution is -2.26. The predicted octanol–water partition coefficient (Wildman–Crippen LogP) is 3.20. The fourth-order valence-corrected chi connectivity index (χ4v) is 3.55. The van der Waals surface area contributed by atoms with Crippen molar-refractivity contribution in [1.82, 2.24) is 9.47 Å². The lowest BCUT2D eigenvalue weighted by molar-refractivity contribution is 0.205. The molecule has 1 fully saturated rings. The molecule has 1 aromatic carbocycles. The third kappa shape index (κ3) is 2.21. The molecule has 21 heavy (non-hydrogen) atoms. The first-order valence-electron chi connectivity index (χ1n) is 7.80. The molecule has 0 radical (unpaired) electrons. The predicted molar refractivity (Wildman–Crippen MR) is 86.4 cm³/mol. The molecule has 0 bridgehead atoms. The zero-order valence-electron chi connectivity index (χ0n) is 12.9. The monoisotopic (exact) mass is 282 g/mol. The van der Waals surface area contributed by atoms with E-state index in [1.807, 2.05) is 0 Å². The van der Waals surface area contributed by atoms with Gasteiger partial charge < -0.3 is 14.2 Å². The highest BCUT2D eigenvalue weighted by Gasteiger charge is 2.22. The van der Waals surface area contributed by atoms with E-state index >= 15 is 0 Å². The molecule has 2 aliphatic rings. The van der Waals surface area contributed by atoms with Gasteiger partial charge in [0.05, 0.1) is 18.7 Å². The number of ether oxygens (including phenoxy) is 1. The number of nitrogens with zero attached hydrogens (tertiary/aromatic N) is 2. The maximum Gasteiger partial charge on any atom is 0.0694 e. The molecular weight excluding hydrogens is 260 g/mol. The summed E-state index contributed by atoms with van der Waals surface area (Å²) in [5.41, 5.74) is 7.10. The Bertz CT molecular complexity index is 718. The Balaban J connectivity index is 1.94. The van der Waals surface area contributed by atoms with Crippen LogP contribution in [0, 0.1) is 6.92 Å².